The number of hydrogen-bond acceptors (Lipinski definition) is 3. The van der Waals surface area contributed by atoms with Crippen LogP contribution in [0.5, 0.6) is 0 Å². The molecule has 1 fully saturated rings. The molecule has 1 aliphatic heterocycles. The number of hydrogen-bond donors (Lipinski definition) is 2. The van der Waals surface area contributed by atoms with Crippen molar-refractivity contribution in [3.05, 3.63) is 29.6 Å². The number of carbonyl (C=O) groups excluding carboxylic acids is 1. The second kappa shape index (κ2) is 5.14. The van der Waals surface area contributed by atoms with Gasteiger partial charge in [0.1, 0.15) is 5.82 Å². The largest absolute Gasteiger partial charge is 0.360 e. The number of nitrogens with zero attached hydrogens (tertiary/aromatic N) is 1. The van der Waals surface area contributed by atoms with Crippen molar-refractivity contribution in [3.63, 3.8) is 0 Å². The molecule has 1 aromatic rings. The van der Waals surface area contributed by atoms with Crippen LogP contribution in [0.2, 0.25) is 0 Å². The lowest BCUT2D eigenvalue weighted by Crippen LogP contribution is -2.48. The van der Waals surface area contributed by atoms with E-state index < -0.39 is 0 Å². The number of halogens is 1. The van der Waals surface area contributed by atoms with Crippen LogP contribution in [0.15, 0.2) is 18.2 Å². The van der Waals surface area contributed by atoms with Crippen LogP contribution < -0.4 is 15.5 Å². The summed E-state index contributed by atoms with van der Waals surface area (Å²) < 4.78 is 13.2. The van der Waals surface area contributed by atoms with Crippen LogP contribution in [0.4, 0.5) is 10.1 Å². The van der Waals surface area contributed by atoms with E-state index in [4.69, 9.17) is 0 Å². The molecule has 1 aliphatic rings. The van der Waals surface area contributed by atoms with Crippen molar-refractivity contribution in [2.45, 2.75) is 6.54 Å². The molecule has 0 radical (unpaired) electrons. The highest BCUT2D eigenvalue weighted by Crippen LogP contribution is 2.22. The summed E-state index contributed by atoms with van der Waals surface area (Å²) in [7, 11) is 1.82. The van der Waals surface area contributed by atoms with E-state index in [0.29, 0.717) is 19.6 Å². The average Bonchev–Trinajstić information content (AvgIpc) is 2.29. The van der Waals surface area contributed by atoms with Crippen molar-refractivity contribution >= 4 is 11.6 Å². The SMILES string of the molecule is CNCc1cc(F)ccc1N1CCNC(=O)C1. The maximum atomic E-state index is 13.2. The topological polar surface area (TPSA) is 44.4 Å². The van der Waals surface area contributed by atoms with Gasteiger partial charge in [-0.15, -0.1) is 0 Å². The van der Waals surface area contributed by atoms with E-state index in [0.717, 1.165) is 17.8 Å². The molecule has 2 N–H and O–H groups in total. The Morgan fingerprint density at radius 1 is 1.53 bits per heavy atom. The highest BCUT2D eigenvalue weighted by Gasteiger charge is 2.18. The summed E-state index contributed by atoms with van der Waals surface area (Å²) in [6.45, 7) is 2.32. The second-order valence-electron chi connectivity index (χ2n) is 4.07. The van der Waals surface area contributed by atoms with E-state index in [-0.39, 0.29) is 11.7 Å². The maximum absolute atomic E-state index is 13.2. The van der Waals surface area contributed by atoms with Crippen molar-refractivity contribution in [2.24, 2.45) is 0 Å². The summed E-state index contributed by atoms with van der Waals surface area (Å²) in [5.41, 5.74) is 1.80. The molecule has 92 valence electrons. The van der Waals surface area contributed by atoms with E-state index >= 15 is 0 Å². The number of amides is 1. The molecular formula is C12H16FN3O. The Hall–Kier alpha value is -1.62. The highest BCUT2D eigenvalue weighted by atomic mass is 19.1. The molecule has 0 spiro atoms. The fraction of sp³-hybridized carbons (Fsp3) is 0.417. The number of nitrogens with one attached hydrogen (secondary N) is 2. The molecule has 0 saturated carbocycles. The molecule has 17 heavy (non-hydrogen) atoms. The highest BCUT2D eigenvalue weighted by molar-refractivity contribution is 5.83. The molecule has 5 heteroatoms. The zero-order valence-corrected chi connectivity index (χ0v) is 9.79. The van der Waals surface area contributed by atoms with E-state index in [2.05, 4.69) is 10.6 Å². The van der Waals surface area contributed by atoms with Crippen LogP contribution in [0.25, 0.3) is 0 Å². The molecule has 1 heterocycles. The van der Waals surface area contributed by atoms with E-state index in [1.54, 1.807) is 6.07 Å². The van der Waals surface area contributed by atoms with Crippen LogP contribution in [0.1, 0.15) is 5.56 Å². The lowest BCUT2D eigenvalue weighted by molar-refractivity contribution is -0.120. The van der Waals surface area contributed by atoms with Gasteiger partial charge < -0.3 is 15.5 Å². The minimum absolute atomic E-state index is 0.0102. The van der Waals surface area contributed by atoms with Crippen molar-refractivity contribution in [3.8, 4) is 0 Å². The first-order valence-electron chi connectivity index (χ1n) is 5.65. The van der Waals surface area contributed by atoms with Gasteiger partial charge in [0.2, 0.25) is 5.91 Å². The van der Waals surface area contributed by atoms with Crippen molar-refractivity contribution in [2.75, 3.05) is 31.6 Å². The standard InChI is InChI=1S/C12H16FN3O/c1-14-7-9-6-10(13)2-3-11(9)16-5-4-15-12(17)8-16/h2-3,6,14H,4-5,7-8H2,1H3,(H,15,17). The lowest BCUT2D eigenvalue weighted by atomic mass is 10.1. The summed E-state index contributed by atoms with van der Waals surface area (Å²) >= 11 is 0. The molecule has 4 nitrogen and oxygen atoms in total. The fourth-order valence-corrected chi connectivity index (χ4v) is 2.04. The van der Waals surface area contributed by atoms with Crippen LogP contribution in [0, 0.1) is 5.82 Å². The lowest BCUT2D eigenvalue weighted by Gasteiger charge is -2.30. The smallest absolute Gasteiger partial charge is 0.239 e. The number of piperazine rings is 1. The summed E-state index contributed by atoms with van der Waals surface area (Å²) in [4.78, 5) is 13.3. The summed E-state index contributed by atoms with van der Waals surface area (Å²) in [5, 5.41) is 5.78. The predicted molar refractivity (Wildman–Crippen MR) is 64.4 cm³/mol. The third-order valence-electron chi connectivity index (χ3n) is 2.79. The van der Waals surface area contributed by atoms with Crippen LogP contribution in [-0.4, -0.2) is 32.6 Å². The minimum atomic E-state index is -0.250. The van der Waals surface area contributed by atoms with Gasteiger partial charge in [-0.25, -0.2) is 4.39 Å². The average molecular weight is 237 g/mol. The van der Waals surface area contributed by atoms with Gasteiger partial charge in [-0.2, -0.15) is 0 Å². The van der Waals surface area contributed by atoms with E-state index in [1.807, 2.05) is 11.9 Å². The molecule has 1 aromatic carbocycles. The number of benzene rings is 1. The molecule has 0 unspecified atom stereocenters. The Bertz CT molecular complexity index is 422. The van der Waals surface area contributed by atoms with Gasteiger partial charge in [0.25, 0.3) is 0 Å². The van der Waals surface area contributed by atoms with Crippen molar-refractivity contribution in [1.29, 1.82) is 0 Å². The monoisotopic (exact) mass is 237 g/mol. The van der Waals surface area contributed by atoms with Crippen LogP contribution in [-0.2, 0) is 11.3 Å². The van der Waals surface area contributed by atoms with E-state index in [1.165, 1.54) is 12.1 Å². The predicted octanol–water partition coefficient (Wildman–Crippen LogP) is 0.481. The van der Waals surface area contributed by atoms with Gasteiger partial charge in [-0.3, -0.25) is 4.79 Å². The Morgan fingerprint density at radius 2 is 2.35 bits per heavy atom. The zero-order valence-electron chi connectivity index (χ0n) is 9.79. The number of carbonyl (C=O) groups is 1. The molecule has 1 amide bonds. The molecule has 0 aliphatic carbocycles. The van der Waals surface area contributed by atoms with Gasteiger partial charge in [-0.05, 0) is 30.8 Å². The Morgan fingerprint density at radius 3 is 3.06 bits per heavy atom. The van der Waals surface area contributed by atoms with Gasteiger partial charge in [0, 0.05) is 25.3 Å². The molecule has 1 saturated heterocycles. The van der Waals surface area contributed by atoms with Gasteiger partial charge >= 0.3 is 0 Å². The number of rotatable bonds is 3. The summed E-state index contributed by atoms with van der Waals surface area (Å²) in [5.74, 6) is -0.239. The quantitative estimate of drug-likeness (QED) is 0.803. The fourth-order valence-electron chi connectivity index (χ4n) is 2.04. The molecule has 2 rings (SSSR count). The zero-order chi connectivity index (χ0) is 12.3. The van der Waals surface area contributed by atoms with Crippen LogP contribution in [0.3, 0.4) is 0 Å². The first-order valence-corrected chi connectivity index (χ1v) is 5.65. The van der Waals surface area contributed by atoms with Gasteiger partial charge in [0.05, 0.1) is 6.54 Å². The minimum Gasteiger partial charge on any atom is -0.360 e. The normalized spacial score (nSPS) is 15.9. The Labute approximate surface area is 99.8 Å². The summed E-state index contributed by atoms with van der Waals surface area (Å²) in [6, 6.07) is 4.68. The van der Waals surface area contributed by atoms with Gasteiger partial charge in [-0.1, -0.05) is 0 Å². The Balaban J connectivity index is 2.26. The van der Waals surface area contributed by atoms with Crippen molar-refractivity contribution < 1.29 is 9.18 Å². The number of anilines is 1. The molecule has 0 atom stereocenters. The first kappa shape index (κ1) is 11.9. The third kappa shape index (κ3) is 2.74. The molecule has 0 bridgehead atoms. The summed E-state index contributed by atoms with van der Waals surface area (Å²) in [6.07, 6.45) is 0. The third-order valence-corrected chi connectivity index (χ3v) is 2.79. The van der Waals surface area contributed by atoms with Crippen LogP contribution >= 0.6 is 0 Å². The molecule has 0 aromatic heterocycles. The van der Waals surface area contributed by atoms with Gasteiger partial charge in [0.15, 0.2) is 0 Å². The first-order chi connectivity index (χ1) is 8.20. The van der Waals surface area contributed by atoms with E-state index in [9.17, 15) is 9.18 Å². The molecular weight excluding hydrogens is 221 g/mol. The maximum Gasteiger partial charge on any atom is 0.239 e. The Kier molecular flexibility index (Phi) is 3.58. The second-order valence-corrected chi connectivity index (χ2v) is 4.07. The van der Waals surface area contributed by atoms with Crippen molar-refractivity contribution in [1.82, 2.24) is 10.6 Å².